The van der Waals surface area contributed by atoms with Gasteiger partial charge in [-0.2, -0.15) is 4.98 Å². The van der Waals surface area contributed by atoms with E-state index in [1.165, 1.54) is 13.4 Å². The number of hydrogen-bond acceptors (Lipinski definition) is 6. The third-order valence-electron chi connectivity index (χ3n) is 3.18. The van der Waals surface area contributed by atoms with Crippen molar-refractivity contribution in [2.45, 2.75) is 31.4 Å². The Bertz CT molecular complexity index is 540. The molecule has 7 heteroatoms. The molecule has 90 valence electrons. The van der Waals surface area contributed by atoms with E-state index in [1.54, 1.807) is 4.68 Å². The summed E-state index contributed by atoms with van der Waals surface area (Å²) in [5, 5.41) is 18.0. The molecule has 0 spiro atoms. The highest BCUT2D eigenvalue weighted by molar-refractivity contribution is 5.74. The zero-order chi connectivity index (χ0) is 11.8. The lowest BCUT2D eigenvalue weighted by Gasteiger charge is -2.14. The number of aliphatic hydroxyl groups is 1. The molecular weight excluding hydrogens is 222 g/mol. The molecule has 2 aromatic rings. The van der Waals surface area contributed by atoms with Gasteiger partial charge in [-0.3, -0.25) is 0 Å². The largest absolute Gasteiger partial charge is 0.479 e. The molecule has 0 saturated heterocycles. The van der Waals surface area contributed by atoms with E-state index in [1.807, 2.05) is 0 Å². The zero-order valence-corrected chi connectivity index (χ0v) is 9.44. The molecule has 1 aliphatic carbocycles. The van der Waals surface area contributed by atoms with Gasteiger partial charge < -0.3 is 9.84 Å². The molecular formula is C10H13N5O2. The van der Waals surface area contributed by atoms with Crippen LogP contribution in [0.5, 0.6) is 5.88 Å². The molecule has 2 atom stereocenters. The first-order valence-electron chi connectivity index (χ1n) is 5.59. The van der Waals surface area contributed by atoms with Crippen LogP contribution in [0.2, 0.25) is 0 Å². The molecule has 0 aliphatic heterocycles. The van der Waals surface area contributed by atoms with E-state index in [9.17, 15) is 5.11 Å². The third-order valence-corrected chi connectivity index (χ3v) is 3.18. The lowest BCUT2D eigenvalue weighted by atomic mass is 10.2. The normalized spacial score (nSPS) is 24.4. The highest BCUT2D eigenvalue weighted by Crippen LogP contribution is 2.31. The summed E-state index contributed by atoms with van der Waals surface area (Å²) in [7, 11) is 1.53. The first-order chi connectivity index (χ1) is 8.31. The maximum atomic E-state index is 9.88. The number of hydrogen-bond donors (Lipinski definition) is 1. The van der Waals surface area contributed by atoms with Crippen LogP contribution < -0.4 is 4.74 Å². The van der Waals surface area contributed by atoms with Crippen LogP contribution in [0, 0.1) is 0 Å². The molecule has 0 radical (unpaired) electrons. The zero-order valence-electron chi connectivity index (χ0n) is 9.44. The van der Waals surface area contributed by atoms with Gasteiger partial charge in [0.25, 0.3) is 0 Å². The SMILES string of the molecule is COc1ncnc2c1nnn2[C@H]1CCC[C@H]1O. The fourth-order valence-electron chi connectivity index (χ4n) is 2.32. The molecule has 1 aliphatic rings. The Morgan fingerprint density at radius 1 is 1.41 bits per heavy atom. The average molecular weight is 235 g/mol. The first-order valence-corrected chi connectivity index (χ1v) is 5.59. The maximum Gasteiger partial charge on any atom is 0.247 e. The Hall–Kier alpha value is -1.76. The van der Waals surface area contributed by atoms with Crippen molar-refractivity contribution in [3.8, 4) is 5.88 Å². The second-order valence-corrected chi connectivity index (χ2v) is 4.15. The number of ether oxygens (including phenoxy) is 1. The highest BCUT2D eigenvalue weighted by atomic mass is 16.5. The number of methoxy groups -OCH3 is 1. The minimum Gasteiger partial charge on any atom is -0.479 e. The summed E-state index contributed by atoms with van der Waals surface area (Å²) in [6.45, 7) is 0. The van der Waals surface area contributed by atoms with Gasteiger partial charge in [-0.1, -0.05) is 5.21 Å². The summed E-state index contributed by atoms with van der Waals surface area (Å²) in [5.74, 6) is 0.411. The van der Waals surface area contributed by atoms with Crippen LogP contribution in [0.1, 0.15) is 25.3 Å². The summed E-state index contributed by atoms with van der Waals surface area (Å²) in [5.41, 5.74) is 1.15. The van der Waals surface area contributed by atoms with Gasteiger partial charge in [0, 0.05) is 0 Å². The van der Waals surface area contributed by atoms with Gasteiger partial charge in [0.15, 0.2) is 11.2 Å². The van der Waals surface area contributed by atoms with Crippen LogP contribution >= 0.6 is 0 Å². The van der Waals surface area contributed by atoms with E-state index in [0.717, 1.165) is 19.3 Å². The van der Waals surface area contributed by atoms with Crippen molar-refractivity contribution >= 4 is 11.2 Å². The van der Waals surface area contributed by atoms with Crippen LogP contribution in [-0.4, -0.2) is 43.3 Å². The van der Waals surface area contributed by atoms with Crippen molar-refractivity contribution in [2.24, 2.45) is 0 Å². The molecule has 1 fully saturated rings. The van der Waals surface area contributed by atoms with Gasteiger partial charge in [0.1, 0.15) is 6.33 Å². The van der Waals surface area contributed by atoms with Crippen LogP contribution in [0.15, 0.2) is 6.33 Å². The molecule has 17 heavy (non-hydrogen) atoms. The average Bonchev–Trinajstić information content (AvgIpc) is 2.94. The Balaban J connectivity index is 2.12. The van der Waals surface area contributed by atoms with E-state index < -0.39 is 0 Å². The molecule has 3 rings (SSSR count). The van der Waals surface area contributed by atoms with Gasteiger partial charge in [-0.15, -0.1) is 5.10 Å². The molecule has 0 bridgehead atoms. The fraction of sp³-hybridized carbons (Fsp3) is 0.600. The van der Waals surface area contributed by atoms with E-state index in [-0.39, 0.29) is 12.1 Å². The second-order valence-electron chi connectivity index (χ2n) is 4.15. The van der Waals surface area contributed by atoms with E-state index in [2.05, 4.69) is 20.3 Å². The lowest BCUT2D eigenvalue weighted by molar-refractivity contribution is 0.131. The van der Waals surface area contributed by atoms with Gasteiger partial charge in [-0.25, -0.2) is 9.67 Å². The van der Waals surface area contributed by atoms with Crippen molar-refractivity contribution in [3.63, 3.8) is 0 Å². The van der Waals surface area contributed by atoms with Crippen molar-refractivity contribution in [1.29, 1.82) is 0 Å². The molecule has 0 aromatic carbocycles. The standard InChI is InChI=1S/C10H13N5O2/c1-17-10-8-9(11-5-12-10)15(14-13-8)6-3-2-4-7(6)16/h5-7,16H,2-4H2,1H3/t6-,7+/m0/s1. The molecule has 7 nitrogen and oxygen atoms in total. The monoisotopic (exact) mass is 235 g/mol. The van der Waals surface area contributed by atoms with E-state index in [4.69, 9.17) is 4.74 Å². The molecule has 2 aromatic heterocycles. The van der Waals surface area contributed by atoms with Crippen LogP contribution in [0.3, 0.4) is 0 Å². The number of rotatable bonds is 2. The van der Waals surface area contributed by atoms with Crippen LogP contribution in [-0.2, 0) is 0 Å². The summed E-state index contributed by atoms with van der Waals surface area (Å²) < 4.78 is 6.78. The summed E-state index contributed by atoms with van der Waals surface area (Å²) in [4.78, 5) is 8.14. The number of aliphatic hydroxyl groups excluding tert-OH is 1. The van der Waals surface area contributed by atoms with Crippen molar-refractivity contribution in [2.75, 3.05) is 7.11 Å². The van der Waals surface area contributed by atoms with Crippen LogP contribution in [0.4, 0.5) is 0 Å². The highest BCUT2D eigenvalue weighted by Gasteiger charge is 2.30. The van der Waals surface area contributed by atoms with Crippen molar-refractivity contribution in [1.82, 2.24) is 25.0 Å². The quantitative estimate of drug-likeness (QED) is 0.806. The molecule has 0 amide bonds. The van der Waals surface area contributed by atoms with Crippen molar-refractivity contribution in [3.05, 3.63) is 6.33 Å². The minimum atomic E-state index is -0.374. The topological polar surface area (TPSA) is 86.0 Å². The second kappa shape index (κ2) is 3.92. The van der Waals surface area contributed by atoms with Gasteiger partial charge in [-0.05, 0) is 19.3 Å². The van der Waals surface area contributed by atoms with Gasteiger partial charge in [0.2, 0.25) is 5.88 Å². The molecule has 2 heterocycles. The predicted molar refractivity (Wildman–Crippen MR) is 58.6 cm³/mol. The van der Waals surface area contributed by atoms with E-state index >= 15 is 0 Å². The van der Waals surface area contributed by atoms with Gasteiger partial charge >= 0.3 is 0 Å². The number of nitrogens with zero attached hydrogens (tertiary/aromatic N) is 5. The molecule has 1 saturated carbocycles. The lowest BCUT2D eigenvalue weighted by Crippen LogP contribution is -2.19. The first kappa shape index (κ1) is 10.4. The fourth-order valence-corrected chi connectivity index (χ4v) is 2.32. The Morgan fingerprint density at radius 2 is 2.29 bits per heavy atom. The Labute approximate surface area is 97.4 Å². The maximum absolute atomic E-state index is 9.88. The molecule has 1 N–H and O–H groups in total. The predicted octanol–water partition coefficient (Wildman–Crippen LogP) is 0.316. The van der Waals surface area contributed by atoms with E-state index in [0.29, 0.717) is 17.0 Å². The summed E-state index contributed by atoms with van der Waals surface area (Å²) in [6.07, 6.45) is 3.73. The van der Waals surface area contributed by atoms with Crippen molar-refractivity contribution < 1.29 is 9.84 Å². The number of aromatic nitrogens is 5. The van der Waals surface area contributed by atoms with Crippen LogP contribution in [0.25, 0.3) is 11.2 Å². The summed E-state index contributed by atoms with van der Waals surface area (Å²) in [6, 6.07) is -0.0420. The van der Waals surface area contributed by atoms with Gasteiger partial charge in [0.05, 0.1) is 19.3 Å². The molecule has 0 unspecified atom stereocenters. The summed E-state index contributed by atoms with van der Waals surface area (Å²) >= 11 is 0. The Morgan fingerprint density at radius 3 is 3.00 bits per heavy atom. The minimum absolute atomic E-state index is 0.0420. The smallest absolute Gasteiger partial charge is 0.247 e. The third kappa shape index (κ3) is 1.54. The number of fused-ring (bicyclic) bond motifs is 1. The Kier molecular flexibility index (Phi) is 2.40.